The molecule has 128 valence electrons. The Morgan fingerprint density at radius 3 is 2.46 bits per heavy atom. The minimum absolute atomic E-state index is 0.505. The van der Waals surface area contributed by atoms with Crippen LogP contribution in [0.5, 0.6) is 0 Å². The number of nitrogens with two attached hydrogens (primary N) is 1. The normalized spacial score (nSPS) is 11.0. The number of hydrogen-bond donors (Lipinski definition) is 3. The second kappa shape index (κ2) is 7.13. The van der Waals surface area contributed by atoms with Crippen LogP contribution in [0.3, 0.4) is 0 Å². The molecule has 0 radical (unpaired) electrons. The number of rotatable bonds is 3. The average molecular weight is 392 g/mol. The fourth-order valence-corrected chi connectivity index (χ4v) is 2.62. The van der Waals surface area contributed by atoms with Gasteiger partial charge in [-0.15, -0.1) is 0 Å². The average Bonchev–Trinajstić information content (AvgIpc) is 2.43. The Morgan fingerprint density at radius 1 is 1.12 bits per heavy atom. The van der Waals surface area contributed by atoms with Crippen molar-refractivity contribution in [3.8, 4) is 0 Å². The van der Waals surface area contributed by atoms with E-state index in [4.69, 9.17) is 10.5 Å². The largest absolute Gasteiger partial charge is 0.444 e. The zero-order chi connectivity index (χ0) is 17.9. The number of amides is 1. The summed E-state index contributed by atoms with van der Waals surface area (Å²) in [5.74, 6) is 0. The molecule has 0 unspecified atom stereocenters. The lowest BCUT2D eigenvalue weighted by atomic mass is 10.2. The summed E-state index contributed by atoms with van der Waals surface area (Å²) in [5.41, 5.74) is 9.41. The molecule has 0 aromatic heterocycles. The molecule has 5 nitrogen and oxygen atoms in total. The monoisotopic (exact) mass is 391 g/mol. The highest BCUT2D eigenvalue weighted by Gasteiger charge is 2.16. The van der Waals surface area contributed by atoms with Crippen molar-refractivity contribution >= 4 is 44.8 Å². The van der Waals surface area contributed by atoms with E-state index in [0.29, 0.717) is 17.1 Å². The molecule has 0 spiro atoms. The maximum atomic E-state index is 11.9. The number of carbonyl (C=O) groups excluding carboxylic acids is 1. The van der Waals surface area contributed by atoms with Crippen LogP contribution in [0.2, 0.25) is 0 Å². The SMILES string of the molecule is Cc1ccc(Nc2cc(NC(=O)OC(C)(C)C)ccc2N)c(Br)c1. The number of aryl methyl sites for hydroxylation is 1. The molecule has 0 bridgehead atoms. The maximum absolute atomic E-state index is 11.9. The third-order valence-electron chi connectivity index (χ3n) is 3.09. The van der Waals surface area contributed by atoms with E-state index in [9.17, 15) is 4.79 Å². The summed E-state index contributed by atoms with van der Waals surface area (Å²) in [6.45, 7) is 7.47. The number of nitrogen functional groups attached to an aromatic ring is 1. The first-order chi connectivity index (χ1) is 11.1. The Kier molecular flexibility index (Phi) is 5.39. The van der Waals surface area contributed by atoms with Crippen LogP contribution in [-0.2, 0) is 4.74 Å². The molecular weight excluding hydrogens is 370 g/mol. The summed E-state index contributed by atoms with van der Waals surface area (Å²) >= 11 is 3.53. The van der Waals surface area contributed by atoms with E-state index in [1.54, 1.807) is 18.2 Å². The molecule has 2 rings (SSSR count). The van der Waals surface area contributed by atoms with Gasteiger partial charge in [0.05, 0.1) is 17.1 Å². The lowest BCUT2D eigenvalue weighted by Gasteiger charge is -2.20. The molecule has 0 aliphatic carbocycles. The number of halogens is 1. The van der Waals surface area contributed by atoms with Gasteiger partial charge in [0.1, 0.15) is 5.60 Å². The van der Waals surface area contributed by atoms with Gasteiger partial charge >= 0.3 is 6.09 Å². The van der Waals surface area contributed by atoms with Crippen molar-refractivity contribution in [2.75, 3.05) is 16.4 Å². The molecule has 0 saturated heterocycles. The number of ether oxygens (including phenoxy) is 1. The van der Waals surface area contributed by atoms with Crippen molar-refractivity contribution < 1.29 is 9.53 Å². The smallest absolute Gasteiger partial charge is 0.412 e. The molecule has 0 heterocycles. The van der Waals surface area contributed by atoms with Crippen LogP contribution in [-0.4, -0.2) is 11.7 Å². The minimum Gasteiger partial charge on any atom is -0.444 e. The highest BCUT2D eigenvalue weighted by Crippen LogP contribution is 2.31. The lowest BCUT2D eigenvalue weighted by Crippen LogP contribution is -2.27. The van der Waals surface area contributed by atoms with Crippen LogP contribution in [0.15, 0.2) is 40.9 Å². The predicted molar refractivity (Wildman–Crippen MR) is 103 cm³/mol. The highest BCUT2D eigenvalue weighted by molar-refractivity contribution is 9.10. The van der Waals surface area contributed by atoms with Crippen molar-refractivity contribution in [1.29, 1.82) is 0 Å². The Balaban J connectivity index is 2.18. The molecule has 1 amide bonds. The van der Waals surface area contributed by atoms with Gasteiger partial charge in [0.15, 0.2) is 0 Å². The van der Waals surface area contributed by atoms with E-state index in [1.165, 1.54) is 0 Å². The molecule has 0 fully saturated rings. The van der Waals surface area contributed by atoms with Crippen LogP contribution in [0, 0.1) is 6.92 Å². The topological polar surface area (TPSA) is 76.4 Å². The van der Waals surface area contributed by atoms with Crippen molar-refractivity contribution in [3.05, 3.63) is 46.4 Å². The van der Waals surface area contributed by atoms with E-state index >= 15 is 0 Å². The third-order valence-corrected chi connectivity index (χ3v) is 3.75. The minimum atomic E-state index is -0.550. The summed E-state index contributed by atoms with van der Waals surface area (Å²) in [4.78, 5) is 11.9. The van der Waals surface area contributed by atoms with Gasteiger partial charge in [-0.05, 0) is 79.5 Å². The Bertz CT molecular complexity index is 754. The quantitative estimate of drug-likeness (QED) is 0.609. The molecule has 0 saturated carbocycles. The molecule has 0 aliphatic heterocycles. The van der Waals surface area contributed by atoms with Gasteiger partial charge in [-0.25, -0.2) is 4.79 Å². The molecule has 2 aromatic carbocycles. The highest BCUT2D eigenvalue weighted by atomic mass is 79.9. The second-order valence-corrected chi connectivity index (χ2v) is 7.39. The molecule has 0 aliphatic rings. The van der Waals surface area contributed by atoms with E-state index in [2.05, 4.69) is 26.6 Å². The molecule has 4 N–H and O–H groups in total. The summed E-state index contributed by atoms with van der Waals surface area (Å²) in [5, 5.41) is 5.97. The molecule has 0 atom stereocenters. The van der Waals surface area contributed by atoms with Crippen molar-refractivity contribution in [2.45, 2.75) is 33.3 Å². The fourth-order valence-electron chi connectivity index (χ4n) is 2.03. The van der Waals surface area contributed by atoms with Crippen LogP contribution in [0.25, 0.3) is 0 Å². The number of anilines is 4. The summed E-state index contributed by atoms with van der Waals surface area (Å²) in [6, 6.07) is 11.2. The lowest BCUT2D eigenvalue weighted by molar-refractivity contribution is 0.0636. The summed E-state index contributed by atoms with van der Waals surface area (Å²) in [6.07, 6.45) is -0.505. The standard InChI is InChI=1S/C18H22BrN3O2/c1-11-5-8-15(13(19)9-11)22-16-10-12(6-7-14(16)20)21-17(23)24-18(2,3)4/h5-10,22H,20H2,1-4H3,(H,21,23). The van der Waals surface area contributed by atoms with Crippen LogP contribution < -0.4 is 16.4 Å². The fraction of sp³-hybridized carbons (Fsp3) is 0.278. The molecular formula is C18H22BrN3O2. The Hall–Kier alpha value is -2.21. The van der Waals surface area contributed by atoms with Gasteiger partial charge in [-0.2, -0.15) is 0 Å². The van der Waals surface area contributed by atoms with Gasteiger partial charge in [-0.3, -0.25) is 5.32 Å². The molecule has 2 aromatic rings. The van der Waals surface area contributed by atoms with E-state index in [-0.39, 0.29) is 0 Å². The Morgan fingerprint density at radius 2 is 1.83 bits per heavy atom. The number of hydrogen-bond acceptors (Lipinski definition) is 4. The van der Waals surface area contributed by atoms with Gasteiger partial charge in [0.25, 0.3) is 0 Å². The van der Waals surface area contributed by atoms with Crippen LogP contribution >= 0.6 is 15.9 Å². The molecule has 6 heteroatoms. The molecule has 24 heavy (non-hydrogen) atoms. The predicted octanol–water partition coefficient (Wildman–Crippen LogP) is 5.43. The summed E-state index contributed by atoms with van der Waals surface area (Å²) in [7, 11) is 0. The number of carbonyl (C=O) groups is 1. The van der Waals surface area contributed by atoms with Gasteiger partial charge < -0.3 is 15.8 Å². The summed E-state index contributed by atoms with van der Waals surface area (Å²) < 4.78 is 6.19. The maximum Gasteiger partial charge on any atom is 0.412 e. The van der Waals surface area contributed by atoms with Crippen molar-refractivity contribution in [1.82, 2.24) is 0 Å². The van der Waals surface area contributed by atoms with Gasteiger partial charge in [0, 0.05) is 10.2 Å². The zero-order valence-electron chi connectivity index (χ0n) is 14.2. The zero-order valence-corrected chi connectivity index (χ0v) is 15.8. The van der Waals surface area contributed by atoms with Crippen molar-refractivity contribution in [2.24, 2.45) is 0 Å². The third kappa shape index (κ3) is 5.16. The first-order valence-corrected chi connectivity index (χ1v) is 8.36. The second-order valence-electron chi connectivity index (χ2n) is 6.54. The van der Waals surface area contributed by atoms with Gasteiger partial charge in [0.2, 0.25) is 0 Å². The van der Waals surface area contributed by atoms with Crippen molar-refractivity contribution in [3.63, 3.8) is 0 Å². The Labute approximate surface area is 150 Å². The van der Waals surface area contributed by atoms with Gasteiger partial charge in [-0.1, -0.05) is 6.07 Å². The first kappa shape index (κ1) is 18.1. The van der Waals surface area contributed by atoms with Crippen LogP contribution in [0.4, 0.5) is 27.5 Å². The van der Waals surface area contributed by atoms with E-state index in [0.717, 1.165) is 15.7 Å². The number of benzene rings is 2. The van der Waals surface area contributed by atoms with E-state index < -0.39 is 11.7 Å². The van der Waals surface area contributed by atoms with Crippen LogP contribution in [0.1, 0.15) is 26.3 Å². The van der Waals surface area contributed by atoms with E-state index in [1.807, 2.05) is 45.9 Å². The number of nitrogens with one attached hydrogen (secondary N) is 2. The first-order valence-electron chi connectivity index (χ1n) is 7.57.